The van der Waals surface area contributed by atoms with E-state index in [1.807, 2.05) is 6.92 Å². The summed E-state index contributed by atoms with van der Waals surface area (Å²) in [5.41, 5.74) is 1.28. The molecule has 2 aromatic rings. The van der Waals surface area contributed by atoms with E-state index in [-0.39, 0.29) is 18.3 Å². The maximum atomic E-state index is 12.9. The number of anilines is 1. The van der Waals surface area contributed by atoms with Crippen LogP contribution < -0.4 is 25.4 Å². The Bertz CT molecular complexity index is 827. The van der Waals surface area contributed by atoms with E-state index < -0.39 is 12.1 Å². The zero-order valence-corrected chi connectivity index (χ0v) is 16.8. The molecule has 0 bridgehead atoms. The lowest BCUT2D eigenvalue weighted by Gasteiger charge is -2.19. The summed E-state index contributed by atoms with van der Waals surface area (Å²) in [7, 11) is 3.04. The molecule has 7 nitrogen and oxygen atoms in total. The fourth-order valence-corrected chi connectivity index (χ4v) is 2.69. The van der Waals surface area contributed by atoms with Gasteiger partial charge in [0.2, 0.25) is 5.91 Å². The van der Waals surface area contributed by atoms with E-state index in [2.05, 4.69) is 16.0 Å². The molecule has 0 radical (unpaired) electrons. The van der Waals surface area contributed by atoms with E-state index in [9.17, 15) is 14.0 Å². The average Bonchev–Trinajstić information content (AvgIpc) is 2.72. The molecular weight excluding hydrogens is 377 g/mol. The molecule has 29 heavy (non-hydrogen) atoms. The summed E-state index contributed by atoms with van der Waals surface area (Å²) in [4.78, 5) is 24.8. The summed E-state index contributed by atoms with van der Waals surface area (Å²) in [6, 6.07) is 9.66. The van der Waals surface area contributed by atoms with Gasteiger partial charge in [-0.2, -0.15) is 0 Å². The Morgan fingerprint density at radius 2 is 1.72 bits per heavy atom. The lowest BCUT2D eigenvalue weighted by Crippen LogP contribution is -2.47. The monoisotopic (exact) mass is 403 g/mol. The number of amides is 3. The van der Waals surface area contributed by atoms with Crippen LogP contribution in [0.15, 0.2) is 42.5 Å². The van der Waals surface area contributed by atoms with Gasteiger partial charge in [-0.3, -0.25) is 4.79 Å². The number of ether oxygens (including phenoxy) is 2. The predicted octanol–water partition coefficient (Wildman–Crippen LogP) is 3.45. The van der Waals surface area contributed by atoms with Crippen LogP contribution in [0.25, 0.3) is 0 Å². The van der Waals surface area contributed by atoms with Crippen LogP contribution in [0.5, 0.6) is 11.5 Å². The second-order valence-electron chi connectivity index (χ2n) is 6.35. The number of hydrogen-bond acceptors (Lipinski definition) is 4. The predicted molar refractivity (Wildman–Crippen MR) is 109 cm³/mol. The maximum Gasteiger partial charge on any atom is 0.315 e. The number of nitrogens with one attached hydrogen (secondary N) is 3. The first-order chi connectivity index (χ1) is 14.0. The van der Waals surface area contributed by atoms with Crippen molar-refractivity contribution in [1.29, 1.82) is 0 Å². The van der Waals surface area contributed by atoms with Crippen LogP contribution in [0.1, 0.15) is 25.3 Å². The molecule has 0 saturated carbocycles. The van der Waals surface area contributed by atoms with Crippen molar-refractivity contribution < 1.29 is 23.5 Å². The van der Waals surface area contributed by atoms with E-state index in [0.29, 0.717) is 30.0 Å². The molecule has 2 aromatic carbocycles. The number of carbonyl (C=O) groups excluding carboxylic acids is 2. The fourth-order valence-electron chi connectivity index (χ4n) is 2.69. The summed E-state index contributed by atoms with van der Waals surface area (Å²) in [5.74, 6) is 0.361. The van der Waals surface area contributed by atoms with E-state index in [1.165, 1.54) is 26.4 Å². The van der Waals surface area contributed by atoms with Crippen molar-refractivity contribution in [2.45, 2.75) is 32.4 Å². The molecule has 0 saturated heterocycles. The Labute approximate surface area is 169 Å². The molecule has 0 aliphatic heterocycles. The molecule has 0 heterocycles. The van der Waals surface area contributed by atoms with Gasteiger partial charge in [-0.15, -0.1) is 0 Å². The number of hydrogen-bond donors (Lipinski definition) is 3. The molecule has 0 aromatic heterocycles. The van der Waals surface area contributed by atoms with Crippen molar-refractivity contribution in [1.82, 2.24) is 10.6 Å². The molecule has 1 atom stereocenters. The first-order valence-corrected chi connectivity index (χ1v) is 9.28. The summed E-state index contributed by atoms with van der Waals surface area (Å²) in [6.07, 6.45) is 1.19. The third-order valence-corrected chi connectivity index (χ3v) is 4.22. The quantitative estimate of drug-likeness (QED) is 0.598. The lowest BCUT2D eigenvalue weighted by atomic mass is 10.1. The first-order valence-electron chi connectivity index (χ1n) is 9.28. The number of carbonyl (C=O) groups is 2. The van der Waals surface area contributed by atoms with E-state index in [4.69, 9.17) is 9.47 Å². The molecular formula is C21H26FN3O4. The Morgan fingerprint density at radius 1 is 1.03 bits per heavy atom. The normalized spacial score (nSPS) is 11.3. The lowest BCUT2D eigenvalue weighted by molar-refractivity contribution is -0.118. The van der Waals surface area contributed by atoms with Crippen LogP contribution in [0, 0.1) is 5.82 Å². The summed E-state index contributed by atoms with van der Waals surface area (Å²) in [5, 5.41) is 8.13. The third kappa shape index (κ3) is 6.67. The molecule has 0 aliphatic carbocycles. The van der Waals surface area contributed by atoms with Crippen molar-refractivity contribution in [3.05, 3.63) is 53.8 Å². The Balaban J connectivity index is 1.95. The topological polar surface area (TPSA) is 88.7 Å². The standard InChI is InChI=1S/C21H26FN3O4/c1-4-5-17(25-21(27)23-13-14-6-8-15(22)9-7-14)20(26)24-16-10-11-18(28-2)19(12-16)29-3/h6-12,17H,4-5,13H2,1-3H3,(H,24,26)(H2,23,25,27)/t17-/m0/s1. The Hall–Kier alpha value is -3.29. The fraction of sp³-hybridized carbons (Fsp3) is 0.333. The zero-order valence-electron chi connectivity index (χ0n) is 16.8. The van der Waals surface area contributed by atoms with Crippen molar-refractivity contribution in [2.75, 3.05) is 19.5 Å². The molecule has 156 valence electrons. The molecule has 3 amide bonds. The smallest absolute Gasteiger partial charge is 0.315 e. The van der Waals surface area contributed by atoms with Crippen LogP contribution >= 0.6 is 0 Å². The molecule has 3 N–H and O–H groups in total. The highest BCUT2D eigenvalue weighted by Gasteiger charge is 2.20. The van der Waals surface area contributed by atoms with Gasteiger partial charge in [-0.25, -0.2) is 9.18 Å². The van der Waals surface area contributed by atoms with Gasteiger partial charge >= 0.3 is 6.03 Å². The van der Waals surface area contributed by atoms with E-state index >= 15 is 0 Å². The largest absolute Gasteiger partial charge is 0.493 e. The van der Waals surface area contributed by atoms with Gasteiger partial charge in [0.1, 0.15) is 11.9 Å². The van der Waals surface area contributed by atoms with E-state index in [1.54, 1.807) is 30.3 Å². The van der Waals surface area contributed by atoms with Crippen molar-refractivity contribution in [2.24, 2.45) is 0 Å². The van der Waals surface area contributed by atoms with Crippen molar-refractivity contribution >= 4 is 17.6 Å². The van der Waals surface area contributed by atoms with Gasteiger partial charge in [-0.1, -0.05) is 25.5 Å². The number of rotatable bonds is 9. The highest BCUT2D eigenvalue weighted by Crippen LogP contribution is 2.29. The Kier molecular flexibility index (Phi) is 8.27. The molecule has 0 unspecified atom stereocenters. The molecule has 2 rings (SSSR count). The van der Waals surface area contributed by atoms with Gasteiger partial charge in [0, 0.05) is 18.3 Å². The van der Waals surface area contributed by atoms with Gasteiger partial charge in [0.15, 0.2) is 11.5 Å². The van der Waals surface area contributed by atoms with Gasteiger partial charge < -0.3 is 25.4 Å². The highest BCUT2D eigenvalue weighted by atomic mass is 19.1. The minimum absolute atomic E-state index is 0.224. The van der Waals surface area contributed by atoms with Gasteiger partial charge in [0.25, 0.3) is 0 Å². The van der Waals surface area contributed by atoms with Crippen molar-refractivity contribution in [3.8, 4) is 11.5 Å². The van der Waals surface area contributed by atoms with Crippen LogP contribution in [-0.2, 0) is 11.3 Å². The molecule has 8 heteroatoms. The minimum Gasteiger partial charge on any atom is -0.493 e. The van der Waals surface area contributed by atoms with Crippen LogP contribution in [-0.4, -0.2) is 32.2 Å². The minimum atomic E-state index is -0.707. The molecule has 0 spiro atoms. The number of urea groups is 1. The first kappa shape index (κ1) is 22.0. The number of benzene rings is 2. The number of methoxy groups -OCH3 is 2. The van der Waals surface area contributed by atoms with Crippen LogP contribution in [0.2, 0.25) is 0 Å². The Morgan fingerprint density at radius 3 is 2.34 bits per heavy atom. The second-order valence-corrected chi connectivity index (χ2v) is 6.35. The highest BCUT2D eigenvalue weighted by molar-refractivity contribution is 5.97. The zero-order chi connectivity index (χ0) is 21.2. The second kappa shape index (κ2) is 10.9. The van der Waals surface area contributed by atoms with Crippen LogP contribution in [0.3, 0.4) is 0 Å². The van der Waals surface area contributed by atoms with Gasteiger partial charge in [-0.05, 0) is 36.2 Å². The van der Waals surface area contributed by atoms with Crippen LogP contribution in [0.4, 0.5) is 14.9 Å². The van der Waals surface area contributed by atoms with E-state index in [0.717, 1.165) is 5.56 Å². The summed E-state index contributed by atoms with van der Waals surface area (Å²) >= 11 is 0. The molecule has 0 fully saturated rings. The maximum absolute atomic E-state index is 12.9. The summed E-state index contributed by atoms with van der Waals surface area (Å²) in [6.45, 7) is 2.15. The SMILES string of the molecule is CCC[C@H](NC(=O)NCc1ccc(F)cc1)C(=O)Nc1ccc(OC)c(OC)c1. The number of halogens is 1. The average molecular weight is 403 g/mol. The third-order valence-electron chi connectivity index (χ3n) is 4.22. The van der Waals surface area contributed by atoms with Gasteiger partial charge in [0.05, 0.1) is 14.2 Å². The summed E-state index contributed by atoms with van der Waals surface area (Å²) < 4.78 is 23.4. The molecule has 0 aliphatic rings. The van der Waals surface area contributed by atoms with Crippen molar-refractivity contribution in [3.63, 3.8) is 0 Å².